The topological polar surface area (TPSA) is 72.8 Å². The van der Waals surface area contributed by atoms with Gasteiger partial charge in [0.05, 0.1) is 5.60 Å². The van der Waals surface area contributed by atoms with E-state index in [1.807, 2.05) is 13.0 Å². The second-order valence-corrected chi connectivity index (χ2v) is 8.15. The summed E-state index contributed by atoms with van der Waals surface area (Å²) in [6.07, 6.45) is 7.31. The molecule has 0 aromatic rings. The van der Waals surface area contributed by atoms with Crippen LogP contribution in [-0.4, -0.2) is 34.9 Å². The van der Waals surface area contributed by atoms with Gasteiger partial charge in [0, 0.05) is 18.4 Å². The van der Waals surface area contributed by atoms with Crippen molar-refractivity contribution in [2.45, 2.75) is 84.0 Å². The van der Waals surface area contributed by atoms with Crippen LogP contribution >= 0.6 is 0 Å². The molecule has 0 aromatic carbocycles. The van der Waals surface area contributed by atoms with Gasteiger partial charge in [-0.15, -0.1) is 0 Å². The molecule has 2 aliphatic rings. The van der Waals surface area contributed by atoms with Gasteiger partial charge in [0.2, 0.25) is 0 Å². The van der Waals surface area contributed by atoms with Gasteiger partial charge in [-0.1, -0.05) is 23.8 Å². The van der Waals surface area contributed by atoms with Crippen LogP contribution in [0.4, 0.5) is 0 Å². The molecule has 5 nitrogen and oxygen atoms in total. The van der Waals surface area contributed by atoms with Crippen molar-refractivity contribution in [1.29, 1.82) is 0 Å². The van der Waals surface area contributed by atoms with E-state index in [-0.39, 0.29) is 24.0 Å². The van der Waals surface area contributed by atoms with Gasteiger partial charge in [0.1, 0.15) is 12.2 Å². The molecule has 150 valence electrons. The quantitative estimate of drug-likeness (QED) is 0.425. The Hall–Kier alpha value is -1.88. The number of hydrogen-bond donors (Lipinski definition) is 1. The molecule has 1 aliphatic heterocycles. The van der Waals surface area contributed by atoms with E-state index >= 15 is 0 Å². The Morgan fingerprint density at radius 3 is 2.70 bits per heavy atom. The standard InChI is InChI=1S/C22H32O5/c1-14-7-6-12-22(5,25)20(26-17(4)23)11-9-15(2)13-19-18(10-8-14)16(3)21(24)27-19/h8,13,18-20,25H,3,6-7,9-12H2,1-2,4-5H3/b14-8-,15-13+/t18-,19-,20?,22+/m0/s1. The van der Waals surface area contributed by atoms with Crippen LogP contribution in [0.5, 0.6) is 0 Å². The number of allylic oxidation sites excluding steroid dienone is 3. The van der Waals surface area contributed by atoms with Gasteiger partial charge < -0.3 is 14.6 Å². The zero-order chi connectivity index (χ0) is 20.2. The summed E-state index contributed by atoms with van der Waals surface area (Å²) >= 11 is 0. The van der Waals surface area contributed by atoms with Crippen LogP contribution < -0.4 is 0 Å². The summed E-state index contributed by atoms with van der Waals surface area (Å²) in [6.45, 7) is 11.0. The smallest absolute Gasteiger partial charge is 0.334 e. The van der Waals surface area contributed by atoms with Crippen LogP contribution in [-0.2, 0) is 19.1 Å². The van der Waals surface area contributed by atoms with Crippen molar-refractivity contribution in [2.75, 3.05) is 0 Å². The van der Waals surface area contributed by atoms with E-state index in [2.05, 4.69) is 19.6 Å². The maximum atomic E-state index is 12.0. The predicted molar refractivity (Wildman–Crippen MR) is 104 cm³/mol. The van der Waals surface area contributed by atoms with Gasteiger partial charge in [-0.25, -0.2) is 4.79 Å². The Morgan fingerprint density at radius 1 is 1.33 bits per heavy atom. The molecular formula is C22H32O5. The van der Waals surface area contributed by atoms with Gasteiger partial charge in [-0.3, -0.25) is 4.79 Å². The number of fused-ring (bicyclic) bond motifs is 1. The molecule has 0 bridgehead atoms. The lowest BCUT2D eigenvalue weighted by Gasteiger charge is -2.33. The van der Waals surface area contributed by atoms with Gasteiger partial charge >= 0.3 is 11.9 Å². The van der Waals surface area contributed by atoms with Gasteiger partial charge in [0.15, 0.2) is 0 Å². The van der Waals surface area contributed by atoms with E-state index in [1.165, 1.54) is 12.5 Å². The van der Waals surface area contributed by atoms with Crippen LogP contribution in [0.15, 0.2) is 35.5 Å². The van der Waals surface area contributed by atoms with Crippen molar-refractivity contribution in [1.82, 2.24) is 0 Å². The van der Waals surface area contributed by atoms with Crippen LogP contribution in [0.3, 0.4) is 0 Å². The lowest BCUT2D eigenvalue weighted by atomic mass is 9.86. The molecule has 0 amide bonds. The first-order valence-corrected chi connectivity index (χ1v) is 9.72. The van der Waals surface area contributed by atoms with Crippen molar-refractivity contribution in [3.63, 3.8) is 0 Å². The second kappa shape index (κ2) is 8.87. The van der Waals surface area contributed by atoms with E-state index < -0.39 is 11.7 Å². The first kappa shape index (κ1) is 21.4. The Bertz CT molecular complexity index is 656. The van der Waals surface area contributed by atoms with Gasteiger partial charge in [-0.2, -0.15) is 0 Å². The Labute approximate surface area is 162 Å². The molecule has 0 radical (unpaired) electrons. The van der Waals surface area contributed by atoms with E-state index in [4.69, 9.17) is 9.47 Å². The Balaban J connectivity index is 2.27. The number of esters is 2. The second-order valence-electron chi connectivity index (χ2n) is 8.15. The molecule has 2 rings (SSSR count). The first-order valence-electron chi connectivity index (χ1n) is 9.72. The van der Waals surface area contributed by atoms with Crippen LogP contribution in [0.2, 0.25) is 0 Å². The zero-order valence-electron chi connectivity index (χ0n) is 16.9. The average Bonchev–Trinajstić information content (AvgIpc) is 2.82. The number of aliphatic hydroxyl groups is 1. The van der Waals surface area contributed by atoms with E-state index in [9.17, 15) is 14.7 Å². The van der Waals surface area contributed by atoms with Crippen LogP contribution in [0.1, 0.15) is 66.2 Å². The fourth-order valence-corrected chi connectivity index (χ4v) is 3.79. The number of hydrogen-bond acceptors (Lipinski definition) is 5. The van der Waals surface area contributed by atoms with E-state index in [1.54, 1.807) is 6.92 Å². The molecule has 27 heavy (non-hydrogen) atoms. The summed E-state index contributed by atoms with van der Waals surface area (Å²) in [5.74, 6) is -0.761. The highest BCUT2D eigenvalue weighted by Gasteiger charge is 2.37. The summed E-state index contributed by atoms with van der Waals surface area (Å²) in [6, 6.07) is 0. The number of carbonyl (C=O) groups excluding carboxylic acids is 2. The van der Waals surface area contributed by atoms with Gasteiger partial charge in [0.25, 0.3) is 0 Å². The molecule has 1 saturated heterocycles. The minimum atomic E-state index is -1.08. The maximum absolute atomic E-state index is 12.0. The summed E-state index contributed by atoms with van der Waals surface area (Å²) in [4.78, 5) is 23.5. The summed E-state index contributed by atoms with van der Waals surface area (Å²) < 4.78 is 10.9. The summed E-state index contributed by atoms with van der Waals surface area (Å²) in [7, 11) is 0. The van der Waals surface area contributed by atoms with Crippen molar-refractivity contribution in [2.24, 2.45) is 5.92 Å². The molecule has 0 saturated carbocycles. The number of rotatable bonds is 1. The molecule has 0 spiro atoms. The molecule has 5 heteroatoms. The highest BCUT2D eigenvalue weighted by molar-refractivity contribution is 5.91. The summed E-state index contributed by atoms with van der Waals surface area (Å²) in [5, 5.41) is 10.9. The minimum Gasteiger partial charge on any atom is -0.459 e. The SMILES string of the molecule is C=C1C(=O)O[C@H]2/C=C(\C)CCC(OC(C)=O)[C@](C)(O)CCC/C(C)=C\C[C@@H]12. The first-order chi connectivity index (χ1) is 12.6. The molecular weight excluding hydrogens is 344 g/mol. The third-order valence-corrected chi connectivity index (χ3v) is 5.58. The van der Waals surface area contributed by atoms with Crippen molar-refractivity contribution < 1.29 is 24.2 Å². The zero-order valence-corrected chi connectivity index (χ0v) is 16.9. The molecule has 1 heterocycles. The largest absolute Gasteiger partial charge is 0.459 e. The van der Waals surface area contributed by atoms with Crippen molar-refractivity contribution in [3.05, 3.63) is 35.5 Å². The molecule has 1 N–H and O–H groups in total. The number of ether oxygens (including phenoxy) is 2. The van der Waals surface area contributed by atoms with Gasteiger partial charge in [-0.05, 0) is 65.4 Å². The Morgan fingerprint density at radius 2 is 2.04 bits per heavy atom. The normalized spacial score (nSPS) is 37.1. The third kappa shape index (κ3) is 5.80. The third-order valence-electron chi connectivity index (χ3n) is 5.58. The predicted octanol–water partition coefficient (Wildman–Crippen LogP) is 4.01. The fourth-order valence-electron chi connectivity index (χ4n) is 3.79. The van der Waals surface area contributed by atoms with Crippen LogP contribution in [0, 0.1) is 5.92 Å². The monoisotopic (exact) mass is 376 g/mol. The minimum absolute atomic E-state index is 0.0438. The molecule has 1 unspecified atom stereocenters. The number of carbonyl (C=O) groups is 2. The summed E-state index contributed by atoms with van der Waals surface area (Å²) in [5.41, 5.74) is 1.70. The molecule has 4 atom stereocenters. The van der Waals surface area contributed by atoms with E-state index in [0.717, 1.165) is 24.8 Å². The van der Waals surface area contributed by atoms with Crippen molar-refractivity contribution in [3.8, 4) is 0 Å². The highest BCUT2D eigenvalue weighted by atomic mass is 16.6. The Kier molecular flexibility index (Phi) is 7.04. The highest BCUT2D eigenvalue weighted by Crippen LogP contribution is 2.33. The average molecular weight is 376 g/mol. The van der Waals surface area contributed by atoms with E-state index in [0.29, 0.717) is 24.8 Å². The molecule has 1 aliphatic carbocycles. The molecule has 0 aromatic heterocycles. The molecule has 1 fully saturated rings. The van der Waals surface area contributed by atoms with Crippen molar-refractivity contribution >= 4 is 11.9 Å². The maximum Gasteiger partial charge on any atom is 0.334 e. The van der Waals surface area contributed by atoms with Crippen LogP contribution in [0.25, 0.3) is 0 Å². The lowest BCUT2D eigenvalue weighted by molar-refractivity contribution is -0.162. The fraction of sp³-hybridized carbons (Fsp3) is 0.636. The lowest BCUT2D eigenvalue weighted by Crippen LogP contribution is -2.42.